The Balaban J connectivity index is 2.91. The third kappa shape index (κ3) is 1.31. The molecule has 0 saturated heterocycles. The molecule has 0 aliphatic rings. The zero-order valence-electron chi connectivity index (χ0n) is 8.82. The van der Waals surface area contributed by atoms with Crippen LogP contribution in [-0.4, -0.2) is 15.6 Å². The fraction of sp³-hybridized carbons (Fsp3) is 0.250. The molecule has 78 valence electrons. The lowest BCUT2D eigenvalue weighted by Crippen LogP contribution is -2.02. The summed E-state index contributed by atoms with van der Waals surface area (Å²) in [6, 6.07) is 7.60. The second kappa shape index (κ2) is 3.42. The van der Waals surface area contributed by atoms with Crippen molar-refractivity contribution in [3.05, 3.63) is 35.5 Å². The first-order chi connectivity index (χ1) is 7.16. The van der Waals surface area contributed by atoms with E-state index >= 15 is 0 Å². The summed E-state index contributed by atoms with van der Waals surface area (Å²) in [7, 11) is 1.91. The number of hydrogen-bond acceptors (Lipinski definition) is 1. The minimum absolute atomic E-state index is 0.440. The van der Waals surface area contributed by atoms with Crippen LogP contribution in [-0.2, 0) is 13.5 Å². The van der Waals surface area contributed by atoms with Gasteiger partial charge in [0.2, 0.25) is 0 Å². The van der Waals surface area contributed by atoms with Crippen LogP contribution in [0.1, 0.15) is 23.0 Å². The van der Waals surface area contributed by atoms with Gasteiger partial charge in [0.05, 0.1) is 5.56 Å². The van der Waals surface area contributed by atoms with Crippen molar-refractivity contribution < 1.29 is 9.90 Å². The molecule has 0 amide bonds. The molecule has 0 spiro atoms. The van der Waals surface area contributed by atoms with Crippen LogP contribution in [0, 0.1) is 0 Å². The highest BCUT2D eigenvalue weighted by atomic mass is 16.4. The van der Waals surface area contributed by atoms with E-state index in [0.717, 1.165) is 23.0 Å². The molecular weight excluding hydrogens is 190 g/mol. The van der Waals surface area contributed by atoms with E-state index in [-0.39, 0.29) is 0 Å². The third-order valence-corrected chi connectivity index (χ3v) is 2.78. The number of carbonyl (C=O) groups is 1. The lowest BCUT2D eigenvalue weighted by Gasteiger charge is -2.01. The molecule has 0 atom stereocenters. The molecule has 3 heteroatoms. The molecule has 2 aromatic rings. The van der Waals surface area contributed by atoms with Crippen LogP contribution in [0.2, 0.25) is 0 Å². The lowest BCUT2D eigenvalue weighted by molar-refractivity contribution is 0.0697. The van der Waals surface area contributed by atoms with Gasteiger partial charge in [-0.3, -0.25) is 0 Å². The highest BCUT2D eigenvalue weighted by Crippen LogP contribution is 2.25. The smallest absolute Gasteiger partial charge is 0.338 e. The summed E-state index contributed by atoms with van der Waals surface area (Å²) in [5, 5.41) is 10.0. The van der Waals surface area contributed by atoms with Crippen LogP contribution in [0.5, 0.6) is 0 Å². The number of aromatic carboxylic acids is 1. The molecular formula is C12H13NO2. The molecule has 0 bridgehead atoms. The molecule has 0 fully saturated rings. The summed E-state index contributed by atoms with van der Waals surface area (Å²) in [4.78, 5) is 11.2. The van der Waals surface area contributed by atoms with Gasteiger partial charge in [0.15, 0.2) is 0 Å². The standard InChI is InChI=1S/C12H13NO2/c1-3-9-11(12(14)15)8-6-4-5-7-10(8)13(9)2/h4-7H,3H2,1-2H3,(H,14,15). The number of aromatic nitrogens is 1. The molecule has 3 nitrogen and oxygen atoms in total. The number of hydrogen-bond donors (Lipinski definition) is 1. The van der Waals surface area contributed by atoms with E-state index in [1.54, 1.807) is 0 Å². The van der Waals surface area contributed by atoms with Crippen molar-refractivity contribution in [2.75, 3.05) is 0 Å². The van der Waals surface area contributed by atoms with Crippen molar-refractivity contribution >= 4 is 16.9 Å². The van der Waals surface area contributed by atoms with Gasteiger partial charge in [0, 0.05) is 23.6 Å². The second-order valence-corrected chi connectivity index (χ2v) is 3.56. The predicted molar refractivity (Wildman–Crippen MR) is 59.3 cm³/mol. The number of para-hydroxylation sites is 1. The van der Waals surface area contributed by atoms with E-state index in [9.17, 15) is 9.90 Å². The number of aryl methyl sites for hydroxylation is 1. The summed E-state index contributed by atoms with van der Waals surface area (Å²) in [6.07, 6.45) is 0.729. The van der Waals surface area contributed by atoms with Gasteiger partial charge in [-0.05, 0) is 12.5 Å². The van der Waals surface area contributed by atoms with Crippen LogP contribution >= 0.6 is 0 Å². The molecule has 1 N–H and O–H groups in total. The number of nitrogens with zero attached hydrogens (tertiary/aromatic N) is 1. The molecule has 0 unspecified atom stereocenters. The zero-order valence-corrected chi connectivity index (χ0v) is 8.82. The highest BCUT2D eigenvalue weighted by Gasteiger charge is 2.18. The Morgan fingerprint density at radius 2 is 2.07 bits per heavy atom. The van der Waals surface area contributed by atoms with E-state index in [2.05, 4.69) is 0 Å². The monoisotopic (exact) mass is 203 g/mol. The van der Waals surface area contributed by atoms with Gasteiger partial charge in [-0.2, -0.15) is 0 Å². The minimum Gasteiger partial charge on any atom is -0.478 e. The fourth-order valence-corrected chi connectivity index (χ4v) is 2.10. The van der Waals surface area contributed by atoms with E-state index in [4.69, 9.17) is 0 Å². The van der Waals surface area contributed by atoms with Crippen LogP contribution in [0.25, 0.3) is 10.9 Å². The molecule has 0 aliphatic heterocycles. The summed E-state index contributed by atoms with van der Waals surface area (Å²) in [5.74, 6) is -0.844. The quantitative estimate of drug-likeness (QED) is 0.814. The minimum atomic E-state index is -0.844. The molecule has 0 saturated carbocycles. The van der Waals surface area contributed by atoms with E-state index in [0.29, 0.717) is 5.56 Å². The summed E-state index contributed by atoms with van der Waals surface area (Å²) in [5.41, 5.74) is 2.30. The van der Waals surface area contributed by atoms with Crippen molar-refractivity contribution in [2.24, 2.45) is 7.05 Å². The lowest BCUT2D eigenvalue weighted by atomic mass is 10.1. The number of fused-ring (bicyclic) bond motifs is 1. The maximum atomic E-state index is 11.2. The Morgan fingerprint density at radius 1 is 1.40 bits per heavy atom. The topological polar surface area (TPSA) is 42.2 Å². The molecule has 2 rings (SSSR count). The number of carboxylic acids is 1. The third-order valence-electron chi connectivity index (χ3n) is 2.78. The molecule has 1 aromatic heterocycles. The van der Waals surface area contributed by atoms with Crippen molar-refractivity contribution in [3.8, 4) is 0 Å². The first-order valence-electron chi connectivity index (χ1n) is 4.96. The normalized spacial score (nSPS) is 10.8. The Labute approximate surface area is 87.9 Å². The van der Waals surface area contributed by atoms with E-state index < -0.39 is 5.97 Å². The maximum absolute atomic E-state index is 11.2. The zero-order chi connectivity index (χ0) is 11.0. The molecule has 0 aliphatic carbocycles. The Kier molecular flexibility index (Phi) is 2.23. The molecule has 0 radical (unpaired) electrons. The van der Waals surface area contributed by atoms with Crippen molar-refractivity contribution in [3.63, 3.8) is 0 Å². The van der Waals surface area contributed by atoms with Gasteiger partial charge in [-0.25, -0.2) is 4.79 Å². The molecule has 15 heavy (non-hydrogen) atoms. The van der Waals surface area contributed by atoms with Gasteiger partial charge in [-0.1, -0.05) is 25.1 Å². The maximum Gasteiger partial charge on any atom is 0.338 e. The van der Waals surface area contributed by atoms with Gasteiger partial charge in [0.25, 0.3) is 0 Å². The average molecular weight is 203 g/mol. The van der Waals surface area contributed by atoms with Crippen molar-refractivity contribution in [1.82, 2.24) is 4.57 Å². The van der Waals surface area contributed by atoms with E-state index in [1.807, 2.05) is 42.8 Å². The van der Waals surface area contributed by atoms with Crippen LogP contribution in [0.3, 0.4) is 0 Å². The van der Waals surface area contributed by atoms with Gasteiger partial charge in [-0.15, -0.1) is 0 Å². The first-order valence-corrected chi connectivity index (χ1v) is 4.96. The van der Waals surface area contributed by atoms with Crippen LogP contribution < -0.4 is 0 Å². The fourth-order valence-electron chi connectivity index (χ4n) is 2.10. The van der Waals surface area contributed by atoms with E-state index in [1.165, 1.54) is 0 Å². The van der Waals surface area contributed by atoms with Gasteiger partial charge < -0.3 is 9.67 Å². The molecule has 1 aromatic carbocycles. The highest BCUT2D eigenvalue weighted by molar-refractivity contribution is 6.05. The summed E-state index contributed by atoms with van der Waals surface area (Å²) in [6.45, 7) is 1.97. The number of benzene rings is 1. The SMILES string of the molecule is CCc1c(C(=O)O)c2ccccc2n1C. The number of carboxylic acid groups (broad SMARTS) is 1. The van der Waals surface area contributed by atoms with Crippen molar-refractivity contribution in [2.45, 2.75) is 13.3 Å². The summed E-state index contributed by atoms with van der Waals surface area (Å²) < 4.78 is 1.96. The number of rotatable bonds is 2. The van der Waals surface area contributed by atoms with Gasteiger partial charge >= 0.3 is 5.97 Å². The second-order valence-electron chi connectivity index (χ2n) is 3.56. The summed E-state index contributed by atoms with van der Waals surface area (Å²) >= 11 is 0. The predicted octanol–water partition coefficient (Wildman–Crippen LogP) is 2.44. The molecule has 1 heterocycles. The van der Waals surface area contributed by atoms with Crippen LogP contribution in [0.15, 0.2) is 24.3 Å². The Morgan fingerprint density at radius 3 is 2.67 bits per heavy atom. The first kappa shape index (κ1) is 9.77. The average Bonchev–Trinajstić information content (AvgIpc) is 2.52. The Hall–Kier alpha value is -1.77. The largest absolute Gasteiger partial charge is 0.478 e. The van der Waals surface area contributed by atoms with Crippen molar-refractivity contribution in [1.29, 1.82) is 0 Å². The van der Waals surface area contributed by atoms with Gasteiger partial charge in [0.1, 0.15) is 0 Å². The van der Waals surface area contributed by atoms with Crippen LogP contribution in [0.4, 0.5) is 0 Å². The Bertz CT molecular complexity index is 526.